The number of hydrogen-bond donors (Lipinski definition) is 1. The summed E-state index contributed by atoms with van der Waals surface area (Å²) >= 11 is 0. The van der Waals surface area contributed by atoms with Gasteiger partial charge in [0.05, 0.1) is 5.56 Å². The Balaban J connectivity index is 1.84. The average Bonchev–Trinajstić information content (AvgIpc) is 2.83. The first-order valence-electron chi connectivity index (χ1n) is 6.75. The van der Waals surface area contributed by atoms with Crippen LogP contribution in [0.3, 0.4) is 0 Å². The van der Waals surface area contributed by atoms with Gasteiger partial charge in [0.2, 0.25) is 0 Å². The Morgan fingerprint density at radius 2 is 2.22 bits per heavy atom. The van der Waals surface area contributed by atoms with Crippen molar-refractivity contribution in [2.24, 2.45) is 5.92 Å². The van der Waals surface area contributed by atoms with Gasteiger partial charge in [-0.2, -0.15) is 0 Å². The summed E-state index contributed by atoms with van der Waals surface area (Å²) < 4.78 is 5.19. The normalized spacial score (nSPS) is 17.1. The topological polar surface area (TPSA) is 45.5 Å². The smallest absolute Gasteiger partial charge is 0.257 e. The Kier molecular flexibility index (Phi) is 4.42. The summed E-state index contributed by atoms with van der Waals surface area (Å²) in [6.07, 6.45) is 3.74. The maximum absolute atomic E-state index is 12.2. The lowest BCUT2D eigenvalue weighted by molar-refractivity contribution is 0.0689. The highest BCUT2D eigenvalue weighted by atomic mass is 16.3. The Morgan fingerprint density at radius 1 is 1.50 bits per heavy atom. The van der Waals surface area contributed by atoms with Crippen molar-refractivity contribution in [1.29, 1.82) is 0 Å². The van der Waals surface area contributed by atoms with Crippen molar-refractivity contribution in [3.63, 3.8) is 0 Å². The number of piperidine rings is 1. The van der Waals surface area contributed by atoms with E-state index in [1.807, 2.05) is 17.9 Å². The number of amides is 1. The van der Waals surface area contributed by atoms with Gasteiger partial charge in [-0.1, -0.05) is 6.92 Å². The molecule has 1 aliphatic heterocycles. The Labute approximate surface area is 108 Å². The number of likely N-dealkylation sites (tertiary alicyclic amines) is 1. The molecule has 0 aliphatic carbocycles. The molecule has 100 valence electrons. The van der Waals surface area contributed by atoms with Gasteiger partial charge >= 0.3 is 0 Å². The Hall–Kier alpha value is -1.29. The molecule has 0 spiro atoms. The van der Waals surface area contributed by atoms with Gasteiger partial charge in [-0.05, 0) is 44.8 Å². The number of carbonyl (C=O) groups is 1. The number of furan rings is 1. The van der Waals surface area contributed by atoms with Crippen LogP contribution in [-0.4, -0.2) is 37.0 Å². The maximum Gasteiger partial charge on any atom is 0.257 e. The standard InChI is InChI=1S/C14H22N2O2/c1-3-15-9-12-4-6-16(7-5-12)14(17)13-8-11(2)18-10-13/h8,10,12,15H,3-7,9H2,1-2H3. The van der Waals surface area contributed by atoms with Crippen molar-refractivity contribution in [3.05, 3.63) is 23.7 Å². The second kappa shape index (κ2) is 6.05. The Bertz CT molecular complexity index is 392. The highest BCUT2D eigenvalue weighted by Crippen LogP contribution is 2.19. The minimum Gasteiger partial charge on any atom is -0.469 e. The molecule has 2 rings (SSSR count). The first kappa shape index (κ1) is 13.1. The molecule has 0 aromatic carbocycles. The fourth-order valence-electron chi connectivity index (χ4n) is 2.43. The van der Waals surface area contributed by atoms with Gasteiger partial charge in [0.25, 0.3) is 5.91 Å². The molecule has 0 bridgehead atoms. The molecule has 1 saturated heterocycles. The zero-order valence-electron chi connectivity index (χ0n) is 11.2. The molecular formula is C14H22N2O2. The van der Waals surface area contributed by atoms with Crippen LogP contribution in [0, 0.1) is 12.8 Å². The van der Waals surface area contributed by atoms with Crippen LogP contribution in [0.15, 0.2) is 16.7 Å². The molecule has 1 fully saturated rings. The van der Waals surface area contributed by atoms with Gasteiger partial charge in [0.1, 0.15) is 12.0 Å². The molecule has 0 radical (unpaired) electrons. The average molecular weight is 250 g/mol. The molecule has 0 atom stereocenters. The number of carbonyl (C=O) groups excluding carboxylic acids is 1. The molecule has 1 aliphatic rings. The van der Waals surface area contributed by atoms with E-state index in [-0.39, 0.29) is 5.91 Å². The molecule has 4 heteroatoms. The predicted molar refractivity (Wildman–Crippen MR) is 70.6 cm³/mol. The molecule has 1 N–H and O–H groups in total. The van der Waals surface area contributed by atoms with Crippen molar-refractivity contribution < 1.29 is 9.21 Å². The van der Waals surface area contributed by atoms with Crippen LogP contribution in [-0.2, 0) is 0 Å². The molecule has 0 unspecified atom stereocenters. The quantitative estimate of drug-likeness (QED) is 0.889. The summed E-state index contributed by atoms with van der Waals surface area (Å²) in [5.74, 6) is 1.61. The van der Waals surface area contributed by atoms with E-state index in [1.165, 1.54) is 0 Å². The van der Waals surface area contributed by atoms with Crippen LogP contribution in [0.4, 0.5) is 0 Å². The fraction of sp³-hybridized carbons (Fsp3) is 0.643. The predicted octanol–water partition coefficient (Wildman–Crippen LogP) is 2.05. The number of hydrogen-bond acceptors (Lipinski definition) is 3. The lowest BCUT2D eigenvalue weighted by Gasteiger charge is -2.31. The van der Waals surface area contributed by atoms with Gasteiger partial charge in [-0.3, -0.25) is 4.79 Å². The van der Waals surface area contributed by atoms with E-state index >= 15 is 0 Å². The first-order chi connectivity index (χ1) is 8.70. The van der Waals surface area contributed by atoms with Crippen LogP contribution in [0.1, 0.15) is 35.9 Å². The van der Waals surface area contributed by atoms with E-state index in [2.05, 4.69) is 12.2 Å². The first-order valence-corrected chi connectivity index (χ1v) is 6.75. The van der Waals surface area contributed by atoms with Crippen molar-refractivity contribution in [2.75, 3.05) is 26.2 Å². The van der Waals surface area contributed by atoms with Crippen molar-refractivity contribution in [2.45, 2.75) is 26.7 Å². The van der Waals surface area contributed by atoms with Gasteiger partial charge < -0.3 is 14.6 Å². The summed E-state index contributed by atoms with van der Waals surface area (Å²) in [5.41, 5.74) is 0.678. The monoisotopic (exact) mass is 250 g/mol. The largest absolute Gasteiger partial charge is 0.469 e. The van der Waals surface area contributed by atoms with E-state index in [4.69, 9.17) is 4.42 Å². The summed E-state index contributed by atoms with van der Waals surface area (Å²) in [6, 6.07) is 1.81. The SMILES string of the molecule is CCNCC1CCN(C(=O)c2coc(C)c2)CC1. The van der Waals surface area contributed by atoms with Gasteiger partial charge in [0.15, 0.2) is 0 Å². The zero-order valence-corrected chi connectivity index (χ0v) is 11.2. The van der Waals surface area contributed by atoms with E-state index in [9.17, 15) is 4.79 Å². The summed E-state index contributed by atoms with van der Waals surface area (Å²) in [7, 11) is 0. The second-order valence-corrected chi connectivity index (χ2v) is 4.99. The molecule has 1 amide bonds. The highest BCUT2D eigenvalue weighted by molar-refractivity contribution is 5.94. The van der Waals surface area contributed by atoms with Crippen LogP contribution in [0.5, 0.6) is 0 Å². The third kappa shape index (κ3) is 3.13. The fourth-order valence-corrected chi connectivity index (χ4v) is 2.43. The van der Waals surface area contributed by atoms with Crippen LogP contribution < -0.4 is 5.32 Å². The third-order valence-electron chi connectivity index (χ3n) is 3.56. The third-order valence-corrected chi connectivity index (χ3v) is 3.56. The minimum absolute atomic E-state index is 0.105. The van der Waals surface area contributed by atoms with Crippen LogP contribution >= 0.6 is 0 Å². The summed E-state index contributed by atoms with van der Waals surface area (Å²) in [6.45, 7) is 7.80. The number of nitrogens with zero attached hydrogens (tertiary/aromatic N) is 1. The molecule has 18 heavy (non-hydrogen) atoms. The number of nitrogens with one attached hydrogen (secondary N) is 1. The molecule has 1 aromatic heterocycles. The summed E-state index contributed by atoms with van der Waals surface area (Å²) in [5, 5.41) is 3.38. The van der Waals surface area contributed by atoms with E-state index < -0.39 is 0 Å². The second-order valence-electron chi connectivity index (χ2n) is 4.99. The lowest BCUT2D eigenvalue weighted by atomic mass is 9.96. The number of aryl methyl sites for hydroxylation is 1. The van der Waals surface area contributed by atoms with Gasteiger partial charge in [0, 0.05) is 13.1 Å². The van der Waals surface area contributed by atoms with Gasteiger partial charge in [-0.15, -0.1) is 0 Å². The molecule has 4 nitrogen and oxygen atoms in total. The molecular weight excluding hydrogens is 228 g/mol. The maximum atomic E-state index is 12.2. The van der Waals surface area contributed by atoms with Gasteiger partial charge in [-0.25, -0.2) is 0 Å². The highest BCUT2D eigenvalue weighted by Gasteiger charge is 2.24. The van der Waals surface area contributed by atoms with Crippen molar-refractivity contribution in [1.82, 2.24) is 10.2 Å². The lowest BCUT2D eigenvalue weighted by Crippen LogP contribution is -2.40. The number of rotatable bonds is 4. The van der Waals surface area contributed by atoms with Crippen molar-refractivity contribution >= 4 is 5.91 Å². The van der Waals surface area contributed by atoms with E-state index in [0.29, 0.717) is 11.5 Å². The van der Waals surface area contributed by atoms with Crippen molar-refractivity contribution in [3.8, 4) is 0 Å². The van der Waals surface area contributed by atoms with Crippen LogP contribution in [0.2, 0.25) is 0 Å². The zero-order chi connectivity index (χ0) is 13.0. The molecule has 1 aromatic rings. The van der Waals surface area contributed by atoms with E-state index in [1.54, 1.807) is 6.26 Å². The molecule has 2 heterocycles. The minimum atomic E-state index is 0.105. The Morgan fingerprint density at radius 3 is 2.78 bits per heavy atom. The summed E-state index contributed by atoms with van der Waals surface area (Å²) in [4.78, 5) is 14.1. The van der Waals surface area contributed by atoms with Crippen LogP contribution in [0.25, 0.3) is 0 Å². The van der Waals surface area contributed by atoms with E-state index in [0.717, 1.165) is 44.8 Å². The molecule has 0 saturated carbocycles.